The van der Waals surface area contributed by atoms with Gasteiger partial charge in [-0.25, -0.2) is 8.42 Å². The van der Waals surface area contributed by atoms with E-state index in [0.717, 1.165) is 12.1 Å². The number of aryl methyl sites for hydroxylation is 1. The van der Waals surface area contributed by atoms with Gasteiger partial charge in [0.05, 0.1) is 18.4 Å². The predicted molar refractivity (Wildman–Crippen MR) is 75.9 cm³/mol. The van der Waals surface area contributed by atoms with Crippen LogP contribution in [0.15, 0.2) is 35.7 Å². The molecule has 108 valence electrons. The van der Waals surface area contributed by atoms with Crippen LogP contribution in [0.2, 0.25) is 0 Å². The number of anilines is 1. The van der Waals surface area contributed by atoms with Gasteiger partial charge in [-0.05, 0) is 25.6 Å². The highest BCUT2D eigenvalue weighted by Gasteiger charge is 2.17. The molecule has 8 heteroatoms. The van der Waals surface area contributed by atoms with Crippen molar-refractivity contribution >= 4 is 15.7 Å². The average molecular weight is 295 g/mol. The molecule has 2 heterocycles. The SMILES string of the molecule is CNCCn1cc(S(=O)(=O)Nc2ccncc2C)cn1. The molecule has 0 radical (unpaired) electrons. The largest absolute Gasteiger partial charge is 0.318 e. The highest BCUT2D eigenvalue weighted by atomic mass is 32.2. The van der Waals surface area contributed by atoms with Gasteiger partial charge in [0.2, 0.25) is 0 Å². The van der Waals surface area contributed by atoms with Crippen LogP contribution in [0.25, 0.3) is 0 Å². The lowest BCUT2D eigenvalue weighted by atomic mass is 10.3. The maximum atomic E-state index is 12.2. The van der Waals surface area contributed by atoms with Gasteiger partial charge < -0.3 is 5.32 Å². The highest BCUT2D eigenvalue weighted by molar-refractivity contribution is 7.92. The van der Waals surface area contributed by atoms with Gasteiger partial charge >= 0.3 is 0 Å². The molecule has 2 aromatic rings. The third-order valence-corrected chi connectivity index (χ3v) is 4.10. The fourth-order valence-corrected chi connectivity index (χ4v) is 2.71. The minimum atomic E-state index is -3.62. The Balaban J connectivity index is 2.18. The van der Waals surface area contributed by atoms with E-state index in [9.17, 15) is 8.42 Å². The van der Waals surface area contributed by atoms with E-state index in [0.29, 0.717) is 12.2 Å². The zero-order valence-electron chi connectivity index (χ0n) is 11.4. The van der Waals surface area contributed by atoms with Crippen molar-refractivity contribution in [2.75, 3.05) is 18.3 Å². The summed E-state index contributed by atoms with van der Waals surface area (Å²) in [4.78, 5) is 4.07. The van der Waals surface area contributed by atoms with Gasteiger partial charge in [0.15, 0.2) is 0 Å². The quantitative estimate of drug-likeness (QED) is 0.815. The number of nitrogens with zero attached hydrogens (tertiary/aromatic N) is 3. The smallest absolute Gasteiger partial charge is 0.265 e. The Morgan fingerprint density at radius 1 is 1.35 bits per heavy atom. The van der Waals surface area contributed by atoms with Crippen LogP contribution in [0.4, 0.5) is 5.69 Å². The van der Waals surface area contributed by atoms with Gasteiger partial charge in [-0.15, -0.1) is 0 Å². The summed E-state index contributed by atoms with van der Waals surface area (Å²) in [7, 11) is -1.79. The Morgan fingerprint density at radius 3 is 2.85 bits per heavy atom. The van der Waals surface area contributed by atoms with Gasteiger partial charge in [-0.2, -0.15) is 5.10 Å². The van der Waals surface area contributed by atoms with Gasteiger partial charge in [0.1, 0.15) is 4.90 Å². The van der Waals surface area contributed by atoms with Crippen molar-refractivity contribution in [2.24, 2.45) is 0 Å². The number of rotatable bonds is 6. The molecule has 0 aliphatic heterocycles. The molecule has 0 saturated heterocycles. The molecular formula is C12H17N5O2S. The standard InChI is InChI=1S/C12H17N5O2S/c1-10-7-14-4-3-12(10)16-20(18,19)11-8-15-17(9-11)6-5-13-2/h3-4,7-9,13H,5-6H2,1-2H3,(H,14,16). The Labute approximate surface area is 118 Å². The molecule has 0 aliphatic carbocycles. The zero-order valence-corrected chi connectivity index (χ0v) is 12.2. The highest BCUT2D eigenvalue weighted by Crippen LogP contribution is 2.17. The van der Waals surface area contributed by atoms with E-state index in [-0.39, 0.29) is 4.90 Å². The minimum Gasteiger partial charge on any atom is -0.318 e. The molecule has 0 fully saturated rings. The van der Waals surface area contributed by atoms with E-state index in [4.69, 9.17) is 0 Å². The summed E-state index contributed by atoms with van der Waals surface area (Å²) < 4.78 is 28.6. The van der Waals surface area contributed by atoms with Crippen LogP contribution in [0, 0.1) is 6.92 Å². The summed E-state index contributed by atoms with van der Waals surface area (Å²) in [5.41, 5.74) is 1.28. The molecule has 0 amide bonds. The molecule has 2 rings (SSSR count). The fourth-order valence-electron chi connectivity index (χ4n) is 1.62. The summed E-state index contributed by atoms with van der Waals surface area (Å²) in [6.07, 6.45) is 6.00. The number of nitrogens with one attached hydrogen (secondary N) is 2. The van der Waals surface area contributed by atoms with E-state index in [1.54, 1.807) is 30.1 Å². The Hall–Kier alpha value is -1.93. The summed E-state index contributed by atoms with van der Waals surface area (Å²) >= 11 is 0. The van der Waals surface area contributed by atoms with E-state index in [1.807, 2.05) is 7.05 Å². The second-order valence-corrected chi connectivity index (χ2v) is 6.02. The topological polar surface area (TPSA) is 88.9 Å². The lowest BCUT2D eigenvalue weighted by Crippen LogP contribution is -2.15. The molecule has 20 heavy (non-hydrogen) atoms. The predicted octanol–water partition coefficient (Wildman–Crippen LogP) is 0.607. The third-order valence-electron chi connectivity index (χ3n) is 2.78. The normalized spacial score (nSPS) is 11.5. The van der Waals surface area contributed by atoms with Crippen molar-refractivity contribution < 1.29 is 8.42 Å². The number of sulfonamides is 1. The van der Waals surface area contributed by atoms with Gasteiger partial charge in [0, 0.05) is 25.1 Å². The monoisotopic (exact) mass is 295 g/mol. The zero-order chi connectivity index (χ0) is 14.6. The number of hydrogen-bond donors (Lipinski definition) is 2. The molecular weight excluding hydrogens is 278 g/mol. The first-order chi connectivity index (χ1) is 9.53. The number of likely N-dealkylation sites (N-methyl/N-ethyl adjacent to an activating group) is 1. The van der Waals surface area contributed by atoms with Gasteiger partial charge in [-0.3, -0.25) is 14.4 Å². The van der Waals surface area contributed by atoms with E-state index in [1.165, 1.54) is 12.4 Å². The van der Waals surface area contributed by atoms with E-state index < -0.39 is 10.0 Å². The average Bonchev–Trinajstić information content (AvgIpc) is 2.88. The summed E-state index contributed by atoms with van der Waals surface area (Å²) in [6.45, 7) is 3.12. The van der Waals surface area contributed by atoms with E-state index >= 15 is 0 Å². The van der Waals surface area contributed by atoms with Crippen molar-refractivity contribution in [3.05, 3.63) is 36.4 Å². The molecule has 0 bridgehead atoms. The van der Waals surface area contributed by atoms with Crippen LogP contribution < -0.4 is 10.0 Å². The molecule has 7 nitrogen and oxygen atoms in total. The molecule has 0 atom stereocenters. The van der Waals surface area contributed by atoms with Gasteiger partial charge in [0.25, 0.3) is 10.0 Å². The molecule has 0 unspecified atom stereocenters. The summed E-state index contributed by atoms with van der Waals surface area (Å²) in [5, 5.41) is 7.01. The van der Waals surface area contributed by atoms with Crippen molar-refractivity contribution in [1.82, 2.24) is 20.1 Å². The molecule has 0 saturated carbocycles. The van der Waals surface area contributed by atoms with Gasteiger partial charge in [-0.1, -0.05) is 0 Å². The molecule has 0 aliphatic rings. The van der Waals surface area contributed by atoms with Crippen molar-refractivity contribution in [2.45, 2.75) is 18.4 Å². The van der Waals surface area contributed by atoms with Crippen LogP contribution in [0.5, 0.6) is 0 Å². The molecule has 0 spiro atoms. The second kappa shape index (κ2) is 6.02. The first kappa shape index (κ1) is 14.5. The lowest BCUT2D eigenvalue weighted by Gasteiger charge is -2.08. The van der Waals surface area contributed by atoms with Crippen LogP contribution in [-0.4, -0.2) is 36.8 Å². The second-order valence-electron chi connectivity index (χ2n) is 4.34. The molecule has 0 aromatic carbocycles. The van der Waals surface area contributed by atoms with Crippen molar-refractivity contribution in [3.8, 4) is 0 Å². The van der Waals surface area contributed by atoms with Crippen LogP contribution in [0.1, 0.15) is 5.56 Å². The van der Waals surface area contributed by atoms with Crippen LogP contribution >= 0.6 is 0 Å². The third kappa shape index (κ3) is 3.34. The number of pyridine rings is 1. The minimum absolute atomic E-state index is 0.143. The fraction of sp³-hybridized carbons (Fsp3) is 0.333. The maximum absolute atomic E-state index is 12.2. The molecule has 2 aromatic heterocycles. The lowest BCUT2D eigenvalue weighted by molar-refractivity contribution is 0.582. The number of aromatic nitrogens is 3. The maximum Gasteiger partial charge on any atom is 0.265 e. The first-order valence-corrected chi connectivity index (χ1v) is 7.62. The molecule has 2 N–H and O–H groups in total. The summed E-state index contributed by atoms with van der Waals surface area (Å²) in [5.74, 6) is 0. The summed E-state index contributed by atoms with van der Waals surface area (Å²) in [6, 6.07) is 1.62. The van der Waals surface area contributed by atoms with Crippen molar-refractivity contribution in [1.29, 1.82) is 0 Å². The van der Waals surface area contributed by atoms with Crippen molar-refractivity contribution in [3.63, 3.8) is 0 Å². The Bertz CT molecular complexity index is 681. The van der Waals surface area contributed by atoms with E-state index in [2.05, 4.69) is 20.1 Å². The number of hydrogen-bond acceptors (Lipinski definition) is 5. The van der Waals surface area contributed by atoms with Crippen LogP contribution in [0.3, 0.4) is 0 Å². The first-order valence-electron chi connectivity index (χ1n) is 6.13. The van der Waals surface area contributed by atoms with Crippen LogP contribution in [-0.2, 0) is 16.6 Å². The Kier molecular flexibility index (Phi) is 4.35. The Morgan fingerprint density at radius 2 is 2.15 bits per heavy atom.